The highest BCUT2D eigenvalue weighted by Crippen LogP contribution is 2.12. The Kier molecular flexibility index (Phi) is 40.9. The summed E-state index contributed by atoms with van der Waals surface area (Å²) in [7, 11) is 0. The maximum absolute atomic E-state index is 11.8. The molecule has 0 aromatic heterocycles. The molecule has 0 aromatic rings. The first-order valence-corrected chi connectivity index (χ1v) is 21.3. The molecule has 0 aliphatic rings. The molecule has 2 unspecified atom stereocenters. The Balaban J connectivity index is 0. The Hall–Kier alpha value is -1.42. The van der Waals surface area contributed by atoms with Gasteiger partial charge in [-0.25, -0.2) is 0 Å². The molecule has 0 aliphatic carbocycles. The quantitative estimate of drug-likeness (QED) is 0.0290. The maximum Gasteiger partial charge on any atom is 0.319 e. The standard InChI is InChI=1S/2C20H38O4S/c2*1-3-5-7-9-11-13-15-23-19(21)17-18(25)20(22)24-16-14-12-10-8-6-4-2/h2*18,25H,3-17H2,1-2H3. The van der Waals surface area contributed by atoms with E-state index >= 15 is 0 Å². The molecule has 0 saturated carbocycles. The summed E-state index contributed by atoms with van der Waals surface area (Å²) in [4.78, 5) is 46.9. The summed E-state index contributed by atoms with van der Waals surface area (Å²) in [5.74, 6) is -1.59. The third-order valence-electron chi connectivity index (χ3n) is 8.27. The number of hydrogen-bond donors (Lipinski definition) is 2. The Bertz CT molecular complexity index is 731. The molecule has 10 heteroatoms. The van der Waals surface area contributed by atoms with Crippen LogP contribution in [0.5, 0.6) is 0 Å². The van der Waals surface area contributed by atoms with Crippen LogP contribution in [0.1, 0.15) is 195 Å². The summed E-state index contributed by atoms with van der Waals surface area (Å²) in [5, 5.41) is -1.45. The molecule has 0 bridgehead atoms. The van der Waals surface area contributed by atoms with Crippen molar-refractivity contribution in [2.75, 3.05) is 26.4 Å². The second kappa shape index (κ2) is 40.4. The van der Waals surface area contributed by atoms with Gasteiger partial charge in [-0.1, -0.05) is 156 Å². The molecule has 2 atom stereocenters. The van der Waals surface area contributed by atoms with E-state index in [2.05, 4.69) is 53.0 Å². The highest BCUT2D eigenvalue weighted by atomic mass is 32.1. The zero-order valence-electron chi connectivity index (χ0n) is 32.5. The van der Waals surface area contributed by atoms with Crippen LogP contribution in [0.25, 0.3) is 0 Å². The minimum absolute atomic E-state index is 0.0196. The molecular formula is C40H76O8S2. The van der Waals surface area contributed by atoms with Gasteiger partial charge in [0.2, 0.25) is 0 Å². The average Bonchev–Trinajstić information content (AvgIpc) is 3.10. The molecule has 0 amide bonds. The van der Waals surface area contributed by atoms with Crippen LogP contribution in [-0.2, 0) is 38.1 Å². The molecule has 0 radical (unpaired) electrons. The lowest BCUT2D eigenvalue weighted by molar-refractivity contribution is -0.149. The molecule has 0 fully saturated rings. The minimum Gasteiger partial charge on any atom is -0.466 e. The van der Waals surface area contributed by atoms with Crippen LogP contribution >= 0.6 is 25.3 Å². The Morgan fingerprint density at radius 2 is 0.580 bits per heavy atom. The predicted octanol–water partition coefficient (Wildman–Crippen LogP) is 11.0. The van der Waals surface area contributed by atoms with Crippen molar-refractivity contribution in [3.8, 4) is 0 Å². The fraction of sp³-hybridized carbons (Fsp3) is 0.900. The van der Waals surface area contributed by atoms with E-state index < -0.39 is 22.4 Å². The number of carbonyl (C=O) groups is 4. The van der Waals surface area contributed by atoms with Gasteiger partial charge in [-0.2, -0.15) is 25.3 Å². The van der Waals surface area contributed by atoms with Crippen LogP contribution in [0.4, 0.5) is 0 Å². The summed E-state index contributed by atoms with van der Waals surface area (Å²) in [6.45, 7) is 10.4. The van der Waals surface area contributed by atoms with Crippen molar-refractivity contribution in [1.82, 2.24) is 0 Å². The molecule has 0 rings (SSSR count). The molecular weight excluding hydrogens is 673 g/mol. The van der Waals surface area contributed by atoms with Gasteiger partial charge in [-0.15, -0.1) is 0 Å². The third-order valence-corrected chi connectivity index (χ3v) is 9.06. The van der Waals surface area contributed by atoms with Gasteiger partial charge in [-0.3, -0.25) is 19.2 Å². The molecule has 0 N–H and O–H groups in total. The summed E-state index contributed by atoms with van der Waals surface area (Å²) in [5.41, 5.74) is 0. The minimum atomic E-state index is -0.725. The average molecular weight is 749 g/mol. The summed E-state index contributed by atoms with van der Waals surface area (Å²) < 4.78 is 20.6. The highest BCUT2D eigenvalue weighted by molar-refractivity contribution is 7.82. The van der Waals surface area contributed by atoms with Crippen molar-refractivity contribution in [1.29, 1.82) is 0 Å². The van der Waals surface area contributed by atoms with Crippen LogP contribution < -0.4 is 0 Å². The normalized spacial score (nSPS) is 12.0. The number of carbonyl (C=O) groups excluding carboxylic acids is 4. The lowest BCUT2D eigenvalue weighted by atomic mass is 10.1. The van der Waals surface area contributed by atoms with E-state index in [-0.39, 0.29) is 24.8 Å². The molecule has 0 aliphatic heterocycles. The first-order valence-electron chi connectivity index (χ1n) is 20.2. The molecule has 296 valence electrons. The van der Waals surface area contributed by atoms with Crippen LogP contribution in [-0.4, -0.2) is 60.8 Å². The van der Waals surface area contributed by atoms with E-state index in [1.54, 1.807) is 0 Å². The summed E-state index contributed by atoms with van der Waals surface area (Å²) in [6, 6.07) is 0. The van der Waals surface area contributed by atoms with Crippen LogP contribution in [0.2, 0.25) is 0 Å². The van der Waals surface area contributed by atoms with E-state index in [0.29, 0.717) is 26.4 Å². The summed E-state index contributed by atoms with van der Waals surface area (Å²) in [6.07, 6.45) is 27.5. The third kappa shape index (κ3) is 37.8. The van der Waals surface area contributed by atoms with Crippen molar-refractivity contribution in [3.63, 3.8) is 0 Å². The van der Waals surface area contributed by atoms with Crippen molar-refractivity contribution in [3.05, 3.63) is 0 Å². The number of hydrogen-bond acceptors (Lipinski definition) is 10. The van der Waals surface area contributed by atoms with Gasteiger partial charge >= 0.3 is 23.9 Å². The number of esters is 4. The van der Waals surface area contributed by atoms with Crippen LogP contribution in [0.15, 0.2) is 0 Å². The van der Waals surface area contributed by atoms with E-state index in [0.717, 1.165) is 51.4 Å². The SMILES string of the molecule is CCCCCCCCOC(=O)CC(S)C(=O)OCCCCCCCC.CCCCCCCCOC(=O)CC(S)C(=O)OCCCCCCCC. The second-order valence-electron chi connectivity index (χ2n) is 13.3. The Labute approximate surface area is 317 Å². The first kappa shape index (κ1) is 50.7. The zero-order valence-corrected chi connectivity index (χ0v) is 34.3. The molecule has 8 nitrogen and oxygen atoms in total. The van der Waals surface area contributed by atoms with Gasteiger partial charge in [0.25, 0.3) is 0 Å². The Morgan fingerprint density at radius 1 is 0.360 bits per heavy atom. The lowest BCUT2D eigenvalue weighted by Gasteiger charge is -2.11. The van der Waals surface area contributed by atoms with E-state index in [9.17, 15) is 19.2 Å². The number of unbranched alkanes of at least 4 members (excludes halogenated alkanes) is 20. The number of ether oxygens (including phenoxy) is 4. The van der Waals surface area contributed by atoms with E-state index in [1.165, 1.54) is 103 Å². The van der Waals surface area contributed by atoms with Gasteiger partial charge in [0.15, 0.2) is 0 Å². The highest BCUT2D eigenvalue weighted by Gasteiger charge is 2.21. The predicted molar refractivity (Wildman–Crippen MR) is 212 cm³/mol. The Morgan fingerprint density at radius 3 is 0.840 bits per heavy atom. The molecule has 0 saturated heterocycles. The van der Waals surface area contributed by atoms with Gasteiger partial charge < -0.3 is 18.9 Å². The molecule has 0 heterocycles. The first-order chi connectivity index (χ1) is 24.2. The van der Waals surface area contributed by atoms with E-state index in [4.69, 9.17) is 18.9 Å². The van der Waals surface area contributed by atoms with Crippen LogP contribution in [0, 0.1) is 0 Å². The van der Waals surface area contributed by atoms with Crippen molar-refractivity contribution < 1.29 is 38.1 Å². The number of rotatable bonds is 34. The zero-order chi connectivity index (χ0) is 37.5. The van der Waals surface area contributed by atoms with Crippen LogP contribution in [0.3, 0.4) is 0 Å². The topological polar surface area (TPSA) is 105 Å². The van der Waals surface area contributed by atoms with E-state index in [1.807, 2.05) is 0 Å². The molecule has 0 spiro atoms. The maximum atomic E-state index is 11.8. The molecule has 50 heavy (non-hydrogen) atoms. The van der Waals surface area contributed by atoms with Gasteiger partial charge in [0, 0.05) is 0 Å². The molecule has 0 aromatic carbocycles. The van der Waals surface area contributed by atoms with Gasteiger partial charge in [0.05, 0.1) is 39.3 Å². The smallest absolute Gasteiger partial charge is 0.319 e. The fourth-order valence-corrected chi connectivity index (χ4v) is 5.49. The second-order valence-corrected chi connectivity index (χ2v) is 14.5. The van der Waals surface area contributed by atoms with Crippen molar-refractivity contribution in [2.24, 2.45) is 0 Å². The van der Waals surface area contributed by atoms with Crippen molar-refractivity contribution in [2.45, 2.75) is 205 Å². The fourth-order valence-electron chi connectivity index (χ4n) is 5.04. The van der Waals surface area contributed by atoms with Gasteiger partial charge in [0.1, 0.15) is 10.5 Å². The van der Waals surface area contributed by atoms with Gasteiger partial charge in [-0.05, 0) is 25.7 Å². The van der Waals surface area contributed by atoms with Crippen molar-refractivity contribution >= 4 is 49.1 Å². The monoisotopic (exact) mass is 748 g/mol. The number of thiol groups is 2. The summed E-state index contributed by atoms with van der Waals surface area (Å²) >= 11 is 8.32. The lowest BCUT2D eigenvalue weighted by Crippen LogP contribution is -2.23. The largest absolute Gasteiger partial charge is 0.466 e.